The molecule has 164 valence electrons. The Morgan fingerprint density at radius 2 is 1.90 bits per heavy atom. The van der Waals surface area contributed by atoms with E-state index in [1.165, 1.54) is 9.87 Å². The number of carbonyl (C=O) groups is 1. The van der Waals surface area contributed by atoms with Crippen molar-refractivity contribution in [2.24, 2.45) is 5.92 Å². The van der Waals surface area contributed by atoms with Gasteiger partial charge in [0.1, 0.15) is 17.2 Å². The second kappa shape index (κ2) is 8.51. The molecule has 1 aliphatic heterocycles. The van der Waals surface area contributed by atoms with Crippen LogP contribution in [0.1, 0.15) is 56.2 Å². The number of ether oxygens (including phenoxy) is 1. The topological polar surface area (TPSA) is 89.7 Å². The Kier molecular flexibility index (Phi) is 6.38. The van der Waals surface area contributed by atoms with Gasteiger partial charge in [0.05, 0.1) is 5.92 Å². The van der Waals surface area contributed by atoms with Crippen molar-refractivity contribution in [2.75, 3.05) is 13.1 Å². The van der Waals surface area contributed by atoms with Gasteiger partial charge in [0.25, 0.3) is 0 Å². The summed E-state index contributed by atoms with van der Waals surface area (Å²) in [4.78, 5) is 12.7. The van der Waals surface area contributed by atoms with Crippen LogP contribution in [0.25, 0.3) is 0 Å². The minimum atomic E-state index is -3.76. The molecule has 1 aromatic carbocycles. The third-order valence-corrected chi connectivity index (χ3v) is 7.59. The van der Waals surface area contributed by atoms with Crippen molar-refractivity contribution < 1.29 is 22.5 Å². The number of hydrogen-bond acceptors (Lipinski definition) is 6. The fraction of sp³-hybridized carbons (Fsp3) is 0.545. The average Bonchev–Trinajstić information content (AvgIpc) is 3.04. The summed E-state index contributed by atoms with van der Waals surface area (Å²) in [5, 5.41) is 3.74. The molecule has 0 aliphatic carbocycles. The fourth-order valence-electron chi connectivity index (χ4n) is 3.70. The van der Waals surface area contributed by atoms with Crippen LogP contribution in [-0.2, 0) is 31.6 Å². The number of aryl methyl sites for hydroxylation is 2. The molecule has 1 saturated heterocycles. The Labute approximate surface area is 178 Å². The summed E-state index contributed by atoms with van der Waals surface area (Å²) in [6, 6.07) is 8.01. The van der Waals surface area contributed by atoms with E-state index < -0.39 is 15.9 Å². The van der Waals surface area contributed by atoms with Gasteiger partial charge in [-0.3, -0.25) is 4.79 Å². The predicted octanol–water partition coefficient (Wildman–Crippen LogP) is 3.73. The quantitative estimate of drug-likeness (QED) is 0.666. The van der Waals surface area contributed by atoms with Gasteiger partial charge in [-0.1, -0.05) is 50.2 Å². The van der Waals surface area contributed by atoms with E-state index in [0.29, 0.717) is 25.1 Å². The Bertz CT molecular complexity index is 984. The third-order valence-electron chi connectivity index (χ3n) is 5.48. The number of carbonyl (C=O) groups excluding carboxylic acids is 1. The van der Waals surface area contributed by atoms with Gasteiger partial charge < -0.3 is 9.26 Å². The monoisotopic (exact) mass is 434 g/mol. The van der Waals surface area contributed by atoms with E-state index in [0.717, 1.165) is 5.56 Å². The molecule has 8 heteroatoms. The van der Waals surface area contributed by atoms with Gasteiger partial charge in [-0.15, -0.1) is 0 Å². The van der Waals surface area contributed by atoms with Crippen molar-refractivity contribution >= 4 is 16.0 Å². The van der Waals surface area contributed by atoms with Gasteiger partial charge >= 0.3 is 5.97 Å². The summed E-state index contributed by atoms with van der Waals surface area (Å²) in [6.45, 7) is 10.3. The SMILES string of the molecule is Cc1noc(C)c1S(=O)(=O)N1CCCC(C(=O)OCc2ccc(C(C)(C)C)cc2)C1. The van der Waals surface area contributed by atoms with Crippen LogP contribution in [0.5, 0.6) is 0 Å². The zero-order valence-electron chi connectivity index (χ0n) is 18.3. The van der Waals surface area contributed by atoms with E-state index in [1.807, 2.05) is 24.3 Å². The highest BCUT2D eigenvalue weighted by molar-refractivity contribution is 7.89. The first kappa shape index (κ1) is 22.5. The summed E-state index contributed by atoms with van der Waals surface area (Å²) < 4.78 is 37.9. The van der Waals surface area contributed by atoms with E-state index in [-0.39, 0.29) is 35.2 Å². The maximum atomic E-state index is 13.0. The highest BCUT2D eigenvalue weighted by atomic mass is 32.2. The van der Waals surface area contributed by atoms with Gasteiger partial charge in [0, 0.05) is 13.1 Å². The van der Waals surface area contributed by atoms with Crippen LogP contribution in [-0.4, -0.2) is 36.9 Å². The summed E-state index contributed by atoms with van der Waals surface area (Å²) in [5.41, 5.74) is 2.52. The van der Waals surface area contributed by atoms with Crippen molar-refractivity contribution in [1.29, 1.82) is 0 Å². The first-order valence-electron chi connectivity index (χ1n) is 10.2. The number of rotatable bonds is 5. The van der Waals surface area contributed by atoms with Crippen LogP contribution < -0.4 is 0 Å². The lowest BCUT2D eigenvalue weighted by Crippen LogP contribution is -2.43. The molecule has 0 saturated carbocycles. The molecule has 0 N–H and O–H groups in total. The first-order chi connectivity index (χ1) is 14.0. The Morgan fingerprint density at radius 3 is 2.47 bits per heavy atom. The number of esters is 1. The van der Waals surface area contributed by atoms with Crippen molar-refractivity contribution in [3.8, 4) is 0 Å². The van der Waals surface area contributed by atoms with Crippen LogP contribution in [0, 0.1) is 19.8 Å². The number of piperidine rings is 1. The molecule has 0 amide bonds. The van der Waals surface area contributed by atoms with Crippen molar-refractivity contribution in [3.05, 3.63) is 46.8 Å². The van der Waals surface area contributed by atoms with E-state index in [2.05, 4.69) is 25.9 Å². The molecule has 0 radical (unpaired) electrons. The highest BCUT2D eigenvalue weighted by Crippen LogP contribution is 2.28. The molecule has 3 rings (SSSR count). The molecule has 2 aromatic rings. The summed E-state index contributed by atoms with van der Waals surface area (Å²) in [6.07, 6.45) is 1.21. The van der Waals surface area contributed by atoms with Gasteiger partial charge in [-0.25, -0.2) is 8.42 Å². The predicted molar refractivity (Wildman–Crippen MR) is 112 cm³/mol. The number of nitrogens with zero attached hydrogens (tertiary/aromatic N) is 2. The lowest BCUT2D eigenvalue weighted by atomic mass is 9.87. The fourth-order valence-corrected chi connectivity index (χ4v) is 5.51. The number of sulfonamides is 1. The standard InChI is InChI=1S/C22H30N2O5S/c1-15-20(16(2)29-23-15)30(26,27)24-12-6-7-18(13-24)21(25)28-14-17-8-10-19(11-9-17)22(3,4)5/h8-11,18H,6-7,12-14H2,1-5H3. The van der Waals surface area contributed by atoms with E-state index in [1.54, 1.807) is 13.8 Å². The lowest BCUT2D eigenvalue weighted by molar-refractivity contribution is -0.151. The smallest absolute Gasteiger partial charge is 0.310 e. The maximum Gasteiger partial charge on any atom is 0.310 e. The van der Waals surface area contributed by atoms with Gasteiger partial charge in [0.15, 0.2) is 5.76 Å². The molecular weight excluding hydrogens is 404 g/mol. The van der Waals surface area contributed by atoms with Crippen molar-refractivity contribution in [3.63, 3.8) is 0 Å². The summed E-state index contributed by atoms with van der Waals surface area (Å²) >= 11 is 0. The van der Waals surface area contributed by atoms with Crippen LogP contribution in [0.15, 0.2) is 33.7 Å². The number of hydrogen-bond donors (Lipinski definition) is 0. The second-order valence-corrected chi connectivity index (χ2v) is 10.8. The molecule has 1 unspecified atom stereocenters. The summed E-state index contributed by atoms with van der Waals surface area (Å²) in [7, 11) is -3.76. The van der Waals surface area contributed by atoms with Gasteiger partial charge in [-0.2, -0.15) is 4.31 Å². The van der Waals surface area contributed by atoms with Crippen LogP contribution in [0.4, 0.5) is 0 Å². The van der Waals surface area contributed by atoms with E-state index in [9.17, 15) is 13.2 Å². The van der Waals surface area contributed by atoms with E-state index >= 15 is 0 Å². The van der Waals surface area contributed by atoms with E-state index in [4.69, 9.17) is 9.26 Å². The van der Waals surface area contributed by atoms with Crippen LogP contribution >= 0.6 is 0 Å². The Morgan fingerprint density at radius 1 is 1.23 bits per heavy atom. The molecule has 0 spiro atoms. The molecular formula is C22H30N2O5S. The van der Waals surface area contributed by atoms with Gasteiger partial charge in [-0.05, 0) is 43.2 Å². The molecule has 0 bridgehead atoms. The normalized spacial score (nSPS) is 18.4. The zero-order chi connectivity index (χ0) is 22.1. The number of aromatic nitrogens is 1. The molecule has 1 aliphatic rings. The van der Waals surface area contributed by atoms with Crippen LogP contribution in [0.2, 0.25) is 0 Å². The molecule has 7 nitrogen and oxygen atoms in total. The minimum Gasteiger partial charge on any atom is -0.461 e. The number of benzene rings is 1. The summed E-state index contributed by atoms with van der Waals surface area (Å²) in [5.74, 6) is -0.590. The van der Waals surface area contributed by atoms with Gasteiger partial charge in [0.2, 0.25) is 10.0 Å². The third kappa shape index (κ3) is 4.75. The van der Waals surface area contributed by atoms with Crippen molar-refractivity contribution in [1.82, 2.24) is 9.46 Å². The largest absolute Gasteiger partial charge is 0.461 e. The first-order valence-corrected chi connectivity index (χ1v) is 11.6. The Balaban J connectivity index is 1.63. The zero-order valence-corrected chi connectivity index (χ0v) is 19.1. The lowest BCUT2D eigenvalue weighted by Gasteiger charge is -2.30. The highest BCUT2D eigenvalue weighted by Gasteiger charge is 2.37. The maximum absolute atomic E-state index is 13.0. The molecule has 30 heavy (non-hydrogen) atoms. The average molecular weight is 435 g/mol. The molecule has 2 heterocycles. The van der Waals surface area contributed by atoms with Crippen LogP contribution in [0.3, 0.4) is 0 Å². The molecule has 1 fully saturated rings. The molecule has 1 aromatic heterocycles. The minimum absolute atomic E-state index is 0.0630. The second-order valence-electron chi connectivity index (χ2n) is 8.91. The Hall–Kier alpha value is -2.19. The van der Waals surface area contributed by atoms with Crippen molar-refractivity contribution in [2.45, 2.75) is 64.4 Å². The molecule has 1 atom stereocenters.